The van der Waals surface area contributed by atoms with E-state index in [-0.39, 0.29) is 5.91 Å². The lowest BCUT2D eigenvalue weighted by atomic mass is 10.0. The fourth-order valence-corrected chi connectivity index (χ4v) is 2.83. The Morgan fingerprint density at radius 1 is 1.07 bits per heavy atom. The third kappa shape index (κ3) is 7.48. The van der Waals surface area contributed by atoms with Crippen molar-refractivity contribution in [1.29, 1.82) is 0 Å². The number of anilines is 1. The minimum Gasteiger partial charge on any atom is -0.369 e. The van der Waals surface area contributed by atoms with Crippen molar-refractivity contribution in [2.24, 2.45) is 5.14 Å². The number of aryl methyl sites for hydroxylation is 1. The van der Waals surface area contributed by atoms with Crippen LogP contribution in [0.25, 0.3) is 11.3 Å². The van der Waals surface area contributed by atoms with Crippen molar-refractivity contribution in [3.05, 3.63) is 84.1 Å². The van der Waals surface area contributed by atoms with Crippen molar-refractivity contribution < 1.29 is 4.79 Å². The molecule has 0 spiro atoms. The van der Waals surface area contributed by atoms with Gasteiger partial charge in [0.05, 0.1) is 11.9 Å². The maximum absolute atomic E-state index is 12.1. The van der Waals surface area contributed by atoms with Gasteiger partial charge in [-0.05, 0) is 29.5 Å². The summed E-state index contributed by atoms with van der Waals surface area (Å²) in [5.41, 5.74) is 10.7. The molecule has 0 aliphatic rings. The molecule has 0 atom stereocenters. The van der Waals surface area contributed by atoms with Gasteiger partial charge in [-0.1, -0.05) is 66.7 Å². The Morgan fingerprint density at radius 3 is 2.38 bits per heavy atom. The number of aromatic nitrogens is 2. The molecule has 3 aromatic rings. The first-order chi connectivity index (χ1) is 14.1. The minimum atomic E-state index is -0.00141. The minimum absolute atomic E-state index is 0.00141. The van der Waals surface area contributed by atoms with Crippen LogP contribution in [0.15, 0.2) is 72.9 Å². The molecule has 0 saturated carbocycles. The summed E-state index contributed by atoms with van der Waals surface area (Å²) in [5.74, 6) is 0.396. The van der Waals surface area contributed by atoms with Gasteiger partial charge < -0.3 is 16.0 Å². The molecule has 29 heavy (non-hydrogen) atoms. The van der Waals surface area contributed by atoms with E-state index >= 15 is 0 Å². The number of thiol groups is 1. The van der Waals surface area contributed by atoms with Gasteiger partial charge in [0.2, 0.25) is 5.91 Å². The van der Waals surface area contributed by atoms with E-state index < -0.39 is 0 Å². The van der Waals surface area contributed by atoms with Crippen LogP contribution >= 0.6 is 12.8 Å². The molecule has 0 unspecified atom stereocenters. The van der Waals surface area contributed by atoms with Crippen LogP contribution in [0.5, 0.6) is 0 Å². The Morgan fingerprint density at radius 2 is 1.76 bits per heavy atom. The number of aromatic amines is 1. The first-order valence-electron chi connectivity index (χ1n) is 9.23. The number of hydrogen-bond acceptors (Lipinski definition) is 5. The zero-order valence-electron chi connectivity index (χ0n) is 16.3. The van der Waals surface area contributed by atoms with Gasteiger partial charge in [-0.15, -0.1) is 12.8 Å². The fraction of sp³-hybridized carbons (Fsp3) is 0.182. The molecule has 2 aromatic carbocycles. The monoisotopic (exact) mass is 409 g/mol. The molecule has 3 rings (SSSR count). The zero-order valence-corrected chi connectivity index (χ0v) is 17.2. The Balaban J connectivity index is 0.00000145. The number of carbonyl (C=O) groups is 1. The van der Waals surface area contributed by atoms with Crippen LogP contribution in [0.4, 0.5) is 5.95 Å². The molecule has 1 heterocycles. The average Bonchev–Trinajstić information content (AvgIpc) is 3.20. The molecule has 1 amide bonds. The Bertz CT molecular complexity index is 906. The summed E-state index contributed by atoms with van der Waals surface area (Å²) in [6.07, 6.45) is 3.79. The van der Waals surface area contributed by atoms with Crippen molar-refractivity contribution >= 4 is 24.7 Å². The number of nitrogens with zero attached hydrogens (tertiary/aromatic N) is 1. The van der Waals surface area contributed by atoms with Gasteiger partial charge in [0.1, 0.15) is 0 Å². The standard InChI is InChI=1S/C22H24N4O.H3NS/c1-16(7-8-17-5-3-2-4-6-17)13-21(27)24-14-18-9-11-19(12-10-18)20-15-25-22(23)26-20;1-2/h2-6,9-12,15H,1,7-8,13-14H2,(H,24,27)(H3,23,25,26);2H,1H2. The van der Waals surface area contributed by atoms with Crippen molar-refractivity contribution in [3.63, 3.8) is 0 Å². The highest BCUT2D eigenvalue weighted by Crippen LogP contribution is 2.18. The van der Waals surface area contributed by atoms with Crippen LogP contribution in [0.3, 0.4) is 0 Å². The molecule has 6 nitrogen and oxygen atoms in total. The van der Waals surface area contributed by atoms with Crippen LogP contribution in [-0.2, 0) is 17.8 Å². The second kappa shape index (κ2) is 11.7. The Labute approximate surface area is 177 Å². The molecule has 1 aromatic heterocycles. The van der Waals surface area contributed by atoms with Crippen molar-refractivity contribution in [1.82, 2.24) is 15.3 Å². The lowest BCUT2D eigenvalue weighted by Crippen LogP contribution is -2.22. The predicted molar refractivity (Wildman–Crippen MR) is 122 cm³/mol. The molecular weight excluding hydrogens is 382 g/mol. The number of nitrogens with two attached hydrogens (primary N) is 2. The quantitative estimate of drug-likeness (QED) is 0.289. The number of hydrogen-bond donors (Lipinski definition) is 5. The van der Waals surface area contributed by atoms with Gasteiger partial charge in [0.25, 0.3) is 0 Å². The van der Waals surface area contributed by atoms with Crippen LogP contribution in [0.1, 0.15) is 24.0 Å². The molecule has 0 saturated heterocycles. The lowest BCUT2D eigenvalue weighted by Gasteiger charge is -2.08. The molecule has 0 fully saturated rings. The first kappa shape index (κ1) is 22.3. The van der Waals surface area contributed by atoms with Gasteiger partial charge >= 0.3 is 0 Å². The SMILES string of the molecule is C=C(CCc1ccccc1)CC(=O)NCc1ccc(-c2cnc(N)[nH]2)cc1.NS. The fourth-order valence-electron chi connectivity index (χ4n) is 2.83. The number of H-pyrrole nitrogens is 1. The van der Waals surface area contributed by atoms with Crippen LogP contribution in [-0.4, -0.2) is 15.9 Å². The third-order valence-electron chi connectivity index (χ3n) is 4.37. The molecule has 7 heteroatoms. The van der Waals surface area contributed by atoms with E-state index in [9.17, 15) is 4.79 Å². The van der Waals surface area contributed by atoms with E-state index in [1.54, 1.807) is 6.20 Å². The Hall–Kier alpha value is -3.03. The highest BCUT2D eigenvalue weighted by Gasteiger charge is 2.06. The van der Waals surface area contributed by atoms with Gasteiger partial charge in [-0.3, -0.25) is 9.93 Å². The third-order valence-corrected chi connectivity index (χ3v) is 4.37. The van der Waals surface area contributed by atoms with Crippen molar-refractivity contribution in [3.8, 4) is 11.3 Å². The second-order valence-corrected chi connectivity index (χ2v) is 6.57. The predicted octanol–water partition coefficient (Wildman–Crippen LogP) is 3.64. The normalized spacial score (nSPS) is 10.0. The maximum atomic E-state index is 12.1. The van der Waals surface area contributed by atoms with Crippen molar-refractivity contribution in [2.75, 3.05) is 5.73 Å². The number of amides is 1. The summed E-state index contributed by atoms with van der Waals surface area (Å²) in [5, 5.41) is 7.15. The topological polar surface area (TPSA) is 110 Å². The molecule has 0 aliphatic heterocycles. The smallest absolute Gasteiger partial charge is 0.224 e. The van der Waals surface area contributed by atoms with Crippen LogP contribution < -0.4 is 16.2 Å². The highest BCUT2D eigenvalue weighted by molar-refractivity contribution is 7.77. The van der Waals surface area contributed by atoms with Crippen molar-refractivity contribution in [2.45, 2.75) is 25.8 Å². The van der Waals surface area contributed by atoms with E-state index in [0.717, 1.165) is 35.2 Å². The van der Waals surface area contributed by atoms with E-state index in [2.05, 4.69) is 52.0 Å². The number of imidazole rings is 1. The summed E-state index contributed by atoms with van der Waals surface area (Å²) >= 11 is 3.03. The second-order valence-electron chi connectivity index (χ2n) is 6.57. The Kier molecular flexibility index (Phi) is 9.01. The van der Waals surface area contributed by atoms with Gasteiger partial charge in [0.15, 0.2) is 5.95 Å². The molecule has 0 aliphatic carbocycles. The van der Waals surface area contributed by atoms with Crippen LogP contribution in [0.2, 0.25) is 0 Å². The van der Waals surface area contributed by atoms with E-state index in [1.807, 2.05) is 42.5 Å². The zero-order chi connectivity index (χ0) is 21.1. The first-order valence-corrected chi connectivity index (χ1v) is 9.74. The van der Waals surface area contributed by atoms with Gasteiger partial charge in [-0.25, -0.2) is 4.98 Å². The summed E-state index contributed by atoms with van der Waals surface area (Å²) in [6.45, 7) is 4.53. The molecule has 6 N–H and O–H groups in total. The number of benzene rings is 2. The maximum Gasteiger partial charge on any atom is 0.224 e. The number of rotatable bonds is 8. The average molecular weight is 410 g/mol. The van der Waals surface area contributed by atoms with Gasteiger partial charge in [0, 0.05) is 13.0 Å². The largest absolute Gasteiger partial charge is 0.369 e. The molecule has 0 bridgehead atoms. The lowest BCUT2D eigenvalue weighted by molar-refractivity contribution is -0.120. The number of carbonyl (C=O) groups excluding carboxylic acids is 1. The molecule has 0 radical (unpaired) electrons. The molecular formula is C22H27N5OS. The molecule has 152 valence electrons. The van der Waals surface area contributed by atoms with Crippen LogP contribution in [0, 0.1) is 0 Å². The summed E-state index contributed by atoms with van der Waals surface area (Å²) in [7, 11) is 0. The van der Waals surface area contributed by atoms with Gasteiger partial charge in [-0.2, -0.15) is 0 Å². The summed E-state index contributed by atoms with van der Waals surface area (Å²) in [6, 6.07) is 18.2. The van der Waals surface area contributed by atoms with E-state index in [1.165, 1.54) is 5.56 Å². The van der Waals surface area contributed by atoms with E-state index in [0.29, 0.717) is 18.9 Å². The summed E-state index contributed by atoms with van der Waals surface area (Å²) < 4.78 is 0. The number of nitrogen functional groups attached to an aromatic ring is 1. The van der Waals surface area contributed by atoms with E-state index in [4.69, 9.17) is 5.73 Å². The summed E-state index contributed by atoms with van der Waals surface area (Å²) in [4.78, 5) is 19.1. The highest BCUT2D eigenvalue weighted by atomic mass is 32.1. The number of nitrogens with one attached hydrogen (secondary N) is 2.